The first-order chi connectivity index (χ1) is 17.6. The van der Waals surface area contributed by atoms with Gasteiger partial charge in [0.15, 0.2) is 5.82 Å². The number of amides is 2. The fourth-order valence-corrected chi connectivity index (χ4v) is 4.94. The Hall–Kier alpha value is -4.27. The quantitative estimate of drug-likeness (QED) is 0.224. The highest BCUT2D eigenvalue weighted by atomic mass is 32.1. The second kappa shape index (κ2) is 10.6. The molecule has 0 saturated heterocycles. The number of nitrogens with two attached hydrogens (primary N) is 1. The van der Waals surface area contributed by atoms with Crippen molar-refractivity contribution in [2.45, 2.75) is 12.3 Å². The van der Waals surface area contributed by atoms with Gasteiger partial charge in [0.25, 0.3) is 5.91 Å². The number of hydrogen-bond acceptors (Lipinski definition) is 5. The Labute approximate surface area is 212 Å². The number of nitrogens with one attached hydrogen (secondary N) is 3. The summed E-state index contributed by atoms with van der Waals surface area (Å²) in [6.07, 6.45) is 0.539. The molecule has 2 heterocycles. The van der Waals surface area contributed by atoms with Crippen molar-refractivity contribution in [3.8, 4) is 11.1 Å². The third-order valence-electron chi connectivity index (χ3n) is 5.97. The van der Waals surface area contributed by atoms with E-state index in [1.165, 1.54) is 11.3 Å². The molecule has 1 unspecified atom stereocenters. The Bertz CT molecular complexity index is 1490. The molecule has 36 heavy (non-hydrogen) atoms. The molecule has 0 aliphatic rings. The molecule has 2 aromatic heterocycles. The molecule has 2 amide bonds. The number of fused-ring (bicyclic) bond motifs is 1. The predicted octanol–water partition coefficient (Wildman–Crippen LogP) is 5.61. The zero-order valence-corrected chi connectivity index (χ0v) is 20.2. The summed E-state index contributed by atoms with van der Waals surface area (Å²) in [4.78, 5) is 26.6. The average Bonchev–Trinajstić information content (AvgIpc) is 3.56. The number of carbonyl (C=O) groups is 2. The summed E-state index contributed by atoms with van der Waals surface area (Å²) >= 11 is 1.38. The van der Waals surface area contributed by atoms with Crippen LogP contribution in [-0.4, -0.2) is 28.6 Å². The number of aromatic amines is 1. The SMILES string of the molecule is NCCC(C(=O)Nc1ccc2[nH]nc(NC(=O)c3cc(-c4ccccc4)cs3)c2c1)c1ccccc1. The number of anilines is 2. The van der Waals surface area contributed by atoms with Gasteiger partial charge in [-0.25, -0.2) is 0 Å². The minimum Gasteiger partial charge on any atom is -0.330 e. The third kappa shape index (κ3) is 5.05. The lowest BCUT2D eigenvalue weighted by molar-refractivity contribution is -0.117. The van der Waals surface area contributed by atoms with E-state index in [0.29, 0.717) is 34.7 Å². The Morgan fingerprint density at radius 3 is 2.42 bits per heavy atom. The second-order valence-electron chi connectivity index (χ2n) is 8.38. The van der Waals surface area contributed by atoms with E-state index in [-0.39, 0.29) is 17.7 Å². The molecule has 0 spiro atoms. The molecule has 5 aromatic rings. The molecule has 1 atom stereocenters. The van der Waals surface area contributed by atoms with E-state index in [2.05, 4.69) is 20.8 Å². The van der Waals surface area contributed by atoms with Gasteiger partial charge in [-0.3, -0.25) is 14.7 Å². The topological polar surface area (TPSA) is 113 Å². The van der Waals surface area contributed by atoms with Crippen molar-refractivity contribution in [1.82, 2.24) is 10.2 Å². The van der Waals surface area contributed by atoms with Gasteiger partial charge in [0.2, 0.25) is 5.91 Å². The molecule has 7 nitrogen and oxygen atoms in total. The summed E-state index contributed by atoms with van der Waals surface area (Å²) in [5.41, 5.74) is 10.1. The molecule has 8 heteroatoms. The monoisotopic (exact) mass is 495 g/mol. The van der Waals surface area contributed by atoms with Gasteiger partial charge in [0, 0.05) is 11.1 Å². The predicted molar refractivity (Wildman–Crippen MR) is 145 cm³/mol. The van der Waals surface area contributed by atoms with Crippen LogP contribution in [0.2, 0.25) is 0 Å². The summed E-state index contributed by atoms with van der Waals surface area (Å²) < 4.78 is 0. The van der Waals surface area contributed by atoms with Crippen LogP contribution in [0.1, 0.15) is 27.6 Å². The highest BCUT2D eigenvalue weighted by molar-refractivity contribution is 7.12. The van der Waals surface area contributed by atoms with E-state index >= 15 is 0 Å². The largest absolute Gasteiger partial charge is 0.330 e. The van der Waals surface area contributed by atoms with Crippen LogP contribution in [0.5, 0.6) is 0 Å². The average molecular weight is 496 g/mol. The van der Waals surface area contributed by atoms with Gasteiger partial charge in [-0.15, -0.1) is 11.3 Å². The number of hydrogen-bond donors (Lipinski definition) is 4. The molecule has 0 aliphatic heterocycles. The molecule has 5 rings (SSSR count). The van der Waals surface area contributed by atoms with Crippen LogP contribution in [0.15, 0.2) is 90.3 Å². The fraction of sp³-hybridized carbons (Fsp3) is 0.107. The van der Waals surface area contributed by atoms with E-state index in [9.17, 15) is 9.59 Å². The number of thiophene rings is 1. The molecule has 180 valence electrons. The fourth-order valence-electron chi connectivity index (χ4n) is 4.12. The van der Waals surface area contributed by atoms with Gasteiger partial charge >= 0.3 is 0 Å². The lowest BCUT2D eigenvalue weighted by Gasteiger charge is -2.16. The van der Waals surface area contributed by atoms with Crippen LogP contribution in [0.25, 0.3) is 22.0 Å². The van der Waals surface area contributed by atoms with Gasteiger partial charge in [0.05, 0.1) is 16.3 Å². The van der Waals surface area contributed by atoms with E-state index in [4.69, 9.17) is 5.73 Å². The van der Waals surface area contributed by atoms with Gasteiger partial charge < -0.3 is 16.4 Å². The number of benzene rings is 3. The smallest absolute Gasteiger partial charge is 0.266 e. The molecular formula is C28H25N5O2S. The van der Waals surface area contributed by atoms with E-state index < -0.39 is 0 Å². The normalized spacial score (nSPS) is 11.8. The molecule has 0 fully saturated rings. The first kappa shape index (κ1) is 23.5. The maximum atomic E-state index is 13.1. The number of H-pyrrole nitrogens is 1. The lowest BCUT2D eigenvalue weighted by atomic mass is 9.94. The number of carbonyl (C=O) groups excluding carboxylic acids is 2. The first-order valence-corrected chi connectivity index (χ1v) is 12.5. The Kier molecular flexibility index (Phi) is 6.88. The minimum absolute atomic E-state index is 0.132. The Morgan fingerprint density at radius 1 is 0.917 bits per heavy atom. The molecule has 3 aromatic carbocycles. The van der Waals surface area contributed by atoms with E-state index in [0.717, 1.165) is 22.2 Å². The summed E-state index contributed by atoms with van der Waals surface area (Å²) in [6.45, 7) is 0.401. The van der Waals surface area contributed by atoms with Crippen molar-refractivity contribution in [3.63, 3.8) is 0 Å². The van der Waals surface area contributed by atoms with Gasteiger partial charge in [-0.1, -0.05) is 60.7 Å². The van der Waals surface area contributed by atoms with Gasteiger partial charge in [-0.2, -0.15) is 5.10 Å². The first-order valence-electron chi connectivity index (χ1n) is 11.6. The van der Waals surface area contributed by atoms with Crippen LogP contribution in [-0.2, 0) is 4.79 Å². The van der Waals surface area contributed by atoms with Crippen molar-refractivity contribution in [3.05, 3.63) is 101 Å². The standard InChI is InChI=1S/C28H25N5O2S/c29-14-13-22(19-9-5-2-6-10-19)27(34)30-21-11-12-24-23(16-21)26(33-32-24)31-28(35)25-15-20(17-36-25)18-7-3-1-4-8-18/h1-12,15-17,22H,13-14,29H2,(H,30,34)(H2,31,32,33,35). The van der Waals surface area contributed by atoms with Crippen molar-refractivity contribution in [1.29, 1.82) is 0 Å². The molecule has 5 N–H and O–H groups in total. The Morgan fingerprint density at radius 2 is 1.67 bits per heavy atom. The van der Waals surface area contributed by atoms with Crippen molar-refractivity contribution in [2.24, 2.45) is 5.73 Å². The maximum Gasteiger partial charge on any atom is 0.266 e. The van der Waals surface area contributed by atoms with Crippen molar-refractivity contribution in [2.75, 3.05) is 17.2 Å². The number of aromatic nitrogens is 2. The Balaban J connectivity index is 1.34. The molecular weight excluding hydrogens is 470 g/mol. The summed E-state index contributed by atoms with van der Waals surface area (Å²) in [6, 6.07) is 26.8. The van der Waals surface area contributed by atoms with Gasteiger partial charge in [-0.05, 0) is 59.3 Å². The molecule has 0 bridgehead atoms. The highest BCUT2D eigenvalue weighted by Gasteiger charge is 2.20. The second-order valence-corrected chi connectivity index (χ2v) is 9.29. The molecule has 0 saturated carbocycles. The van der Waals surface area contributed by atoms with Crippen molar-refractivity contribution < 1.29 is 9.59 Å². The van der Waals surface area contributed by atoms with Crippen LogP contribution >= 0.6 is 11.3 Å². The lowest BCUT2D eigenvalue weighted by Crippen LogP contribution is -2.23. The molecule has 0 aliphatic carbocycles. The van der Waals surface area contributed by atoms with Crippen LogP contribution in [0.4, 0.5) is 11.5 Å². The summed E-state index contributed by atoms with van der Waals surface area (Å²) in [5.74, 6) is -0.320. The summed E-state index contributed by atoms with van der Waals surface area (Å²) in [7, 11) is 0. The zero-order chi connectivity index (χ0) is 24.9. The van der Waals surface area contributed by atoms with E-state index in [1.54, 1.807) is 12.1 Å². The van der Waals surface area contributed by atoms with Gasteiger partial charge in [0.1, 0.15) is 0 Å². The number of rotatable bonds is 8. The minimum atomic E-state index is -0.354. The third-order valence-corrected chi connectivity index (χ3v) is 6.90. The summed E-state index contributed by atoms with van der Waals surface area (Å²) in [5, 5.41) is 15.8. The highest BCUT2D eigenvalue weighted by Crippen LogP contribution is 2.29. The van der Waals surface area contributed by atoms with Crippen molar-refractivity contribution >= 4 is 45.6 Å². The van der Waals surface area contributed by atoms with Crippen LogP contribution < -0.4 is 16.4 Å². The van der Waals surface area contributed by atoms with Crippen LogP contribution in [0, 0.1) is 0 Å². The zero-order valence-electron chi connectivity index (χ0n) is 19.4. The van der Waals surface area contributed by atoms with Crippen LogP contribution in [0.3, 0.4) is 0 Å². The number of nitrogens with zero attached hydrogens (tertiary/aromatic N) is 1. The maximum absolute atomic E-state index is 13.1. The van der Waals surface area contributed by atoms with E-state index in [1.807, 2.05) is 78.2 Å². The molecule has 0 radical (unpaired) electrons.